The molecule has 1 aliphatic rings. The van der Waals surface area contributed by atoms with Gasteiger partial charge in [-0.25, -0.2) is 8.78 Å². The number of hydrogen-bond donors (Lipinski definition) is 0. The van der Waals surface area contributed by atoms with Crippen molar-refractivity contribution >= 4 is 0 Å². The summed E-state index contributed by atoms with van der Waals surface area (Å²) in [4.78, 5) is 0. The Morgan fingerprint density at radius 2 is 2.12 bits per heavy atom. The molecule has 0 spiro atoms. The van der Waals surface area contributed by atoms with Gasteiger partial charge in [0.2, 0.25) is 0 Å². The zero-order valence-corrected chi connectivity index (χ0v) is 4.36. The first kappa shape index (κ1) is 5.95. The highest BCUT2D eigenvalue weighted by molar-refractivity contribution is 4.94. The topological polar surface area (TPSA) is 9.23 Å². The zero-order valence-electron chi connectivity index (χ0n) is 4.36. The van der Waals surface area contributed by atoms with Crippen molar-refractivity contribution in [3.8, 4) is 0 Å². The molecule has 1 aliphatic carbocycles. The fourth-order valence-electron chi connectivity index (χ4n) is 0.376. The van der Waals surface area contributed by atoms with E-state index in [2.05, 4.69) is 4.74 Å². The summed E-state index contributed by atoms with van der Waals surface area (Å²) in [6.07, 6.45) is 0.271. The second-order valence-corrected chi connectivity index (χ2v) is 1.74. The molecule has 1 fully saturated rings. The molecule has 1 saturated carbocycles. The van der Waals surface area contributed by atoms with Crippen molar-refractivity contribution < 1.29 is 13.5 Å². The summed E-state index contributed by atoms with van der Waals surface area (Å²) in [5, 5.41) is 0. The molecule has 1 rings (SSSR count). The molecule has 47 valence electrons. The van der Waals surface area contributed by atoms with E-state index in [1.807, 2.05) is 0 Å². The van der Waals surface area contributed by atoms with Gasteiger partial charge in [-0.2, -0.15) is 0 Å². The third-order valence-electron chi connectivity index (χ3n) is 0.868. The third-order valence-corrected chi connectivity index (χ3v) is 0.868. The molecule has 0 heterocycles. The van der Waals surface area contributed by atoms with Crippen LogP contribution >= 0.6 is 0 Å². The molecule has 0 atom stereocenters. The maximum absolute atomic E-state index is 11.3. The molecule has 0 aromatic rings. The van der Waals surface area contributed by atoms with E-state index in [9.17, 15) is 8.78 Å². The maximum atomic E-state index is 11.3. The van der Waals surface area contributed by atoms with Gasteiger partial charge in [-0.1, -0.05) is 0 Å². The SMILES string of the molecule is FC(F)CO[C]1CC1. The Kier molecular flexibility index (Phi) is 1.78. The number of ether oxygens (including phenoxy) is 1. The van der Waals surface area contributed by atoms with Crippen molar-refractivity contribution in [2.75, 3.05) is 6.61 Å². The Bertz CT molecular complexity index is 68.8. The van der Waals surface area contributed by atoms with Crippen LogP contribution in [0.25, 0.3) is 0 Å². The van der Waals surface area contributed by atoms with Gasteiger partial charge >= 0.3 is 0 Å². The summed E-state index contributed by atoms with van der Waals surface area (Å²) in [7, 11) is 0. The van der Waals surface area contributed by atoms with Crippen LogP contribution < -0.4 is 0 Å². The lowest BCUT2D eigenvalue weighted by Gasteiger charge is -1.96. The van der Waals surface area contributed by atoms with Crippen LogP contribution in [0.4, 0.5) is 8.78 Å². The fourth-order valence-corrected chi connectivity index (χ4v) is 0.376. The van der Waals surface area contributed by atoms with E-state index < -0.39 is 13.0 Å². The predicted octanol–water partition coefficient (Wildman–Crippen LogP) is 1.59. The van der Waals surface area contributed by atoms with Crippen molar-refractivity contribution in [1.29, 1.82) is 0 Å². The van der Waals surface area contributed by atoms with E-state index in [1.165, 1.54) is 0 Å². The van der Waals surface area contributed by atoms with Gasteiger partial charge in [0.1, 0.15) is 6.61 Å². The highest BCUT2D eigenvalue weighted by Gasteiger charge is 2.24. The first-order valence-corrected chi connectivity index (χ1v) is 2.54. The average Bonchev–Trinajstić information content (AvgIpc) is 2.41. The van der Waals surface area contributed by atoms with Gasteiger partial charge in [0.15, 0.2) is 0 Å². The van der Waals surface area contributed by atoms with Gasteiger partial charge < -0.3 is 4.74 Å². The molecular formula is C5H7F2O. The van der Waals surface area contributed by atoms with Crippen LogP contribution in [0.3, 0.4) is 0 Å². The second-order valence-electron chi connectivity index (χ2n) is 1.74. The predicted molar refractivity (Wildman–Crippen MR) is 24.4 cm³/mol. The van der Waals surface area contributed by atoms with Crippen LogP contribution in [0.5, 0.6) is 0 Å². The minimum Gasteiger partial charge on any atom is -0.366 e. The van der Waals surface area contributed by atoms with Crippen LogP contribution in [0.2, 0.25) is 0 Å². The normalized spacial score (nSPS) is 19.9. The standard InChI is InChI=1S/C5H7F2O/c6-5(7)3-8-4-1-2-4/h5H,1-3H2. The summed E-state index contributed by atoms with van der Waals surface area (Å²) < 4.78 is 27.2. The zero-order chi connectivity index (χ0) is 5.98. The average molecular weight is 121 g/mol. The Morgan fingerprint density at radius 1 is 1.50 bits per heavy atom. The van der Waals surface area contributed by atoms with Crippen molar-refractivity contribution in [3.05, 3.63) is 6.10 Å². The van der Waals surface area contributed by atoms with Gasteiger partial charge in [-0.05, 0) is 12.8 Å². The van der Waals surface area contributed by atoms with Crippen molar-refractivity contribution in [2.24, 2.45) is 0 Å². The molecule has 0 unspecified atom stereocenters. The first-order valence-electron chi connectivity index (χ1n) is 2.54. The van der Waals surface area contributed by atoms with E-state index in [4.69, 9.17) is 0 Å². The molecule has 0 N–H and O–H groups in total. The largest absolute Gasteiger partial charge is 0.366 e. The molecule has 8 heavy (non-hydrogen) atoms. The van der Waals surface area contributed by atoms with Crippen LogP contribution in [-0.4, -0.2) is 13.0 Å². The third kappa shape index (κ3) is 2.21. The highest BCUT2D eigenvalue weighted by Crippen LogP contribution is 2.32. The van der Waals surface area contributed by atoms with Gasteiger partial charge in [-0.3, -0.25) is 0 Å². The number of rotatable bonds is 3. The number of hydrogen-bond acceptors (Lipinski definition) is 1. The van der Waals surface area contributed by atoms with Crippen molar-refractivity contribution in [2.45, 2.75) is 19.3 Å². The first-order chi connectivity index (χ1) is 3.79. The lowest BCUT2D eigenvalue weighted by molar-refractivity contribution is 0.0389. The summed E-state index contributed by atoms with van der Waals surface area (Å²) in [6.45, 7) is -0.421. The molecule has 0 bridgehead atoms. The van der Waals surface area contributed by atoms with Gasteiger partial charge in [0.25, 0.3) is 6.43 Å². The van der Waals surface area contributed by atoms with E-state index in [0.717, 1.165) is 18.9 Å². The maximum Gasteiger partial charge on any atom is 0.261 e. The monoisotopic (exact) mass is 121 g/mol. The van der Waals surface area contributed by atoms with Crippen molar-refractivity contribution in [1.82, 2.24) is 0 Å². The van der Waals surface area contributed by atoms with Gasteiger partial charge in [0, 0.05) is 0 Å². The fraction of sp³-hybridized carbons (Fsp3) is 0.800. The number of alkyl halides is 2. The molecule has 0 aromatic heterocycles. The second kappa shape index (κ2) is 2.40. The van der Waals surface area contributed by atoms with Crippen LogP contribution in [-0.2, 0) is 4.74 Å². The summed E-state index contributed by atoms with van der Waals surface area (Å²) in [5.41, 5.74) is 0. The van der Waals surface area contributed by atoms with Crippen LogP contribution in [0.1, 0.15) is 12.8 Å². The van der Waals surface area contributed by atoms with E-state index >= 15 is 0 Å². The van der Waals surface area contributed by atoms with Crippen LogP contribution in [0.15, 0.2) is 0 Å². The quantitative estimate of drug-likeness (QED) is 0.551. The lowest BCUT2D eigenvalue weighted by Crippen LogP contribution is -2.01. The minimum absolute atomic E-state index is 0.421. The van der Waals surface area contributed by atoms with Crippen LogP contribution in [0, 0.1) is 6.10 Å². The Morgan fingerprint density at radius 3 is 2.50 bits per heavy atom. The summed E-state index contributed by atoms with van der Waals surface area (Å²) in [6, 6.07) is 0. The lowest BCUT2D eigenvalue weighted by atomic mass is 10.7. The summed E-state index contributed by atoms with van der Waals surface area (Å²) >= 11 is 0. The molecule has 0 aromatic carbocycles. The smallest absolute Gasteiger partial charge is 0.261 e. The number of halogens is 2. The molecule has 1 radical (unpaired) electrons. The summed E-state index contributed by atoms with van der Waals surface area (Å²) in [5.74, 6) is 0. The molecule has 0 amide bonds. The van der Waals surface area contributed by atoms with Crippen molar-refractivity contribution in [3.63, 3.8) is 0 Å². The van der Waals surface area contributed by atoms with E-state index in [-0.39, 0.29) is 0 Å². The van der Waals surface area contributed by atoms with E-state index in [1.54, 1.807) is 0 Å². The minimum atomic E-state index is -2.32. The molecule has 0 saturated heterocycles. The Balaban J connectivity index is 1.87. The highest BCUT2D eigenvalue weighted by atomic mass is 19.3. The molecule has 1 nitrogen and oxygen atoms in total. The molecule has 0 aliphatic heterocycles. The van der Waals surface area contributed by atoms with E-state index in [0.29, 0.717) is 0 Å². The Labute approximate surface area is 46.6 Å². The van der Waals surface area contributed by atoms with Gasteiger partial charge in [-0.15, -0.1) is 0 Å². The Hall–Kier alpha value is -0.180. The van der Waals surface area contributed by atoms with Gasteiger partial charge in [0.05, 0.1) is 6.10 Å². The molecular weight excluding hydrogens is 114 g/mol. The molecule has 3 heteroatoms.